The van der Waals surface area contributed by atoms with Gasteiger partial charge in [-0.1, -0.05) is 31.7 Å². The second kappa shape index (κ2) is 15.8. The summed E-state index contributed by atoms with van der Waals surface area (Å²) in [6.07, 6.45) is 8.16. The third kappa shape index (κ3) is 7.90. The summed E-state index contributed by atoms with van der Waals surface area (Å²) in [5, 5.41) is 39.7. The zero-order chi connectivity index (χ0) is 33.3. The van der Waals surface area contributed by atoms with E-state index in [0.717, 1.165) is 69.3 Å². The molecule has 5 aliphatic rings. The molecule has 0 amide bonds. The molecule has 2 aromatic carbocycles. The Morgan fingerprint density at radius 1 is 0.792 bits per heavy atom. The molecule has 8 heteroatoms. The topological polar surface area (TPSA) is 118 Å². The summed E-state index contributed by atoms with van der Waals surface area (Å²) < 4.78 is 22.7. The third-order valence-electron chi connectivity index (χ3n) is 12.1. The van der Waals surface area contributed by atoms with Gasteiger partial charge in [-0.25, -0.2) is 0 Å². The molecule has 268 valence electrons. The molecule has 2 saturated carbocycles. The normalized spacial score (nSPS) is 33.2. The maximum Gasteiger partial charge on any atom is 0.163 e. The highest BCUT2D eigenvalue weighted by molar-refractivity contribution is 5.44. The Hall–Kier alpha value is -2.20. The molecule has 1 heterocycles. The van der Waals surface area contributed by atoms with Gasteiger partial charge in [0.15, 0.2) is 5.79 Å². The van der Waals surface area contributed by atoms with Gasteiger partial charge in [0, 0.05) is 0 Å². The first-order valence-corrected chi connectivity index (χ1v) is 17.9. The number of ether oxygens (including phenoxy) is 4. The van der Waals surface area contributed by atoms with Crippen molar-refractivity contribution >= 4 is 0 Å². The Morgan fingerprint density at radius 2 is 1.31 bits per heavy atom. The molecule has 0 spiro atoms. The number of rotatable bonds is 9. The fraction of sp³-hybridized carbons (Fsp3) is 0.700. The molecule has 0 bridgehead atoms. The molecular weight excluding hydrogens is 608 g/mol. The summed E-state index contributed by atoms with van der Waals surface area (Å²) in [6.45, 7) is 4.42. The number of fused-ring (bicyclic) bond motifs is 4. The van der Waals surface area contributed by atoms with Crippen molar-refractivity contribution in [2.45, 2.75) is 116 Å². The number of benzene rings is 2. The van der Waals surface area contributed by atoms with Gasteiger partial charge in [-0.3, -0.25) is 0 Å². The highest BCUT2D eigenvalue weighted by Crippen LogP contribution is 2.50. The maximum absolute atomic E-state index is 10.7. The van der Waals surface area contributed by atoms with Crippen molar-refractivity contribution in [2.24, 2.45) is 35.5 Å². The van der Waals surface area contributed by atoms with Gasteiger partial charge < -0.3 is 39.4 Å². The molecule has 1 saturated heterocycles. The molecule has 3 fully saturated rings. The van der Waals surface area contributed by atoms with Gasteiger partial charge in [0.25, 0.3) is 0 Å². The van der Waals surface area contributed by atoms with Crippen LogP contribution in [-0.2, 0) is 35.2 Å². The Morgan fingerprint density at radius 3 is 1.77 bits per heavy atom. The van der Waals surface area contributed by atoms with E-state index in [0.29, 0.717) is 42.6 Å². The van der Waals surface area contributed by atoms with Gasteiger partial charge in [0.1, 0.15) is 11.5 Å². The summed E-state index contributed by atoms with van der Waals surface area (Å²) in [4.78, 5) is 0. The van der Waals surface area contributed by atoms with E-state index >= 15 is 0 Å². The van der Waals surface area contributed by atoms with Crippen molar-refractivity contribution in [3.05, 3.63) is 58.7 Å². The fourth-order valence-electron chi connectivity index (χ4n) is 9.75. The minimum Gasteiger partial charge on any atom is -0.496 e. The lowest BCUT2D eigenvalue weighted by Gasteiger charge is -2.32. The van der Waals surface area contributed by atoms with Crippen LogP contribution in [0.3, 0.4) is 0 Å². The largest absolute Gasteiger partial charge is 0.496 e. The predicted octanol–water partition coefficient (Wildman–Crippen LogP) is 5.52. The van der Waals surface area contributed by atoms with E-state index in [9.17, 15) is 15.3 Å². The van der Waals surface area contributed by atoms with Crippen molar-refractivity contribution in [2.75, 3.05) is 27.4 Å². The van der Waals surface area contributed by atoms with Crippen LogP contribution in [0.15, 0.2) is 36.4 Å². The molecule has 2 aromatic rings. The van der Waals surface area contributed by atoms with Crippen LogP contribution in [0.4, 0.5) is 0 Å². The van der Waals surface area contributed by atoms with Crippen molar-refractivity contribution < 1.29 is 39.4 Å². The van der Waals surface area contributed by atoms with Crippen molar-refractivity contribution in [1.29, 1.82) is 0 Å². The first-order valence-electron chi connectivity index (χ1n) is 17.9. The number of hydrogen-bond acceptors (Lipinski definition) is 8. The second-order valence-corrected chi connectivity index (χ2v) is 15.2. The zero-order valence-electron chi connectivity index (χ0n) is 28.6. The Balaban J connectivity index is 0.000000186. The van der Waals surface area contributed by atoms with Gasteiger partial charge in [-0.2, -0.15) is 0 Å². The summed E-state index contributed by atoms with van der Waals surface area (Å²) in [5.41, 5.74) is 5.39. The summed E-state index contributed by atoms with van der Waals surface area (Å²) in [7, 11) is 3.46. The van der Waals surface area contributed by atoms with E-state index < -0.39 is 11.9 Å². The number of methoxy groups -OCH3 is 2. The van der Waals surface area contributed by atoms with Gasteiger partial charge >= 0.3 is 0 Å². The Bertz CT molecular complexity index is 1340. The summed E-state index contributed by atoms with van der Waals surface area (Å²) in [5.74, 6) is 4.22. The molecule has 0 radical (unpaired) electrons. The minimum atomic E-state index is -0.665. The second-order valence-electron chi connectivity index (χ2n) is 15.2. The molecule has 10 atom stereocenters. The van der Waals surface area contributed by atoms with Crippen LogP contribution in [0.5, 0.6) is 11.5 Å². The quantitative estimate of drug-likeness (QED) is 0.276. The molecular formula is C40H60O8. The van der Waals surface area contributed by atoms with E-state index in [1.165, 1.54) is 22.3 Å². The van der Waals surface area contributed by atoms with Crippen molar-refractivity contribution in [3.63, 3.8) is 0 Å². The van der Waals surface area contributed by atoms with Crippen LogP contribution in [0.1, 0.15) is 82.1 Å². The molecule has 48 heavy (non-hydrogen) atoms. The van der Waals surface area contributed by atoms with Gasteiger partial charge in [0.2, 0.25) is 0 Å². The SMILES string of the molecule is C.COc1cccc2c1C[C@H]1C[C@@H](O)[C@H](CC[C@@H](O)CO)[C@H]1C2.COc1cccc2c1C[C@H]1C[C@@H](O)[C@H](CC[C@@H]3COC(C)(C)O3)[C@H]1C2. The van der Waals surface area contributed by atoms with Gasteiger partial charge in [-0.05, 0) is 148 Å². The molecule has 1 aliphatic heterocycles. The standard InChI is InChI=1S/C21H30O4.C18H26O4.CH4/c1-21(2)24-12-15(25-21)7-8-16-17-9-13-5-4-6-20(23-3)18(13)10-14(17)11-19(16)22;1-22-18-4-2-3-11-7-15-12(8-16(11)18)9-17(21)14(15)6-5-13(20)10-19;/h4-6,14-17,19,22H,7-12H2,1-3H3;2-4,12-15,17,19-21H,5-10H2,1H3;1H4/t14-,15+,16+,17-,19+;12-,13+,14+,15-,17+;/m00./s1. The average Bonchev–Trinajstić information content (AvgIpc) is 3.69. The number of aliphatic hydroxyl groups excluding tert-OH is 4. The highest BCUT2D eigenvalue weighted by Gasteiger charge is 2.46. The van der Waals surface area contributed by atoms with Crippen LogP contribution in [0.2, 0.25) is 0 Å². The lowest BCUT2D eigenvalue weighted by Crippen LogP contribution is -2.28. The average molecular weight is 669 g/mol. The van der Waals surface area contributed by atoms with Crippen LogP contribution >= 0.6 is 0 Å². The first-order chi connectivity index (χ1) is 22.6. The molecule has 4 aliphatic carbocycles. The third-order valence-corrected chi connectivity index (χ3v) is 12.1. The predicted molar refractivity (Wildman–Crippen MR) is 186 cm³/mol. The number of hydrogen-bond donors (Lipinski definition) is 4. The van der Waals surface area contributed by atoms with Gasteiger partial charge in [-0.15, -0.1) is 0 Å². The van der Waals surface area contributed by atoms with E-state index in [4.69, 9.17) is 24.1 Å². The Kier molecular flexibility index (Phi) is 12.2. The van der Waals surface area contributed by atoms with E-state index in [-0.39, 0.29) is 38.3 Å². The lowest BCUT2D eigenvalue weighted by atomic mass is 9.73. The molecule has 8 nitrogen and oxygen atoms in total. The Labute approximate surface area is 287 Å². The van der Waals surface area contributed by atoms with E-state index in [1.54, 1.807) is 14.2 Å². The molecule has 4 N–H and O–H groups in total. The monoisotopic (exact) mass is 668 g/mol. The molecule has 0 unspecified atom stereocenters. The van der Waals surface area contributed by atoms with Crippen LogP contribution < -0.4 is 9.47 Å². The van der Waals surface area contributed by atoms with E-state index in [2.05, 4.69) is 24.3 Å². The maximum atomic E-state index is 10.7. The number of aliphatic hydroxyl groups is 4. The van der Waals surface area contributed by atoms with Crippen LogP contribution in [-0.4, -0.2) is 78.1 Å². The highest BCUT2D eigenvalue weighted by atomic mass is 16.7. The minimum absolute atomic E-state index is 0. The summed E-state index contributed by atoms with van der Waals surface area (Å²) >= 11 is 0. The van der Waals surface area contributed by atoms with Crippen molar-refractivity contribution in [1.82, 2.24) is 0 Å². The van der Waals surface area contributed by atoms with E-state index in [1.807, 2.05) is 26.0 Å². The molecule has 0 aromatic heterocycles. The van der Waals surface area contributed by atoms with Crippen LogP contribution in [0, 0.1) is 35.5 Å². The fourth-order valence-corrected chi connectivity index (χ4v) is 9.75. The molecule has 7 rings (SSSR count). The lowest BCUT2D eigenvalue weighted by molar-refractivity contribution is -0.139. The van der Waals surface area contributed by atoms with Crippen LogP contribution in [0.25, 0.3) is 0 Å². The van der Waals surface area contributed by atoms with Gasteiger partial charge in [0.05, 0.1) is 51.8 Å². The zero-order valence-corrected chi connectivity index (χ0v) is 28.6. The first kappa shape index (κ1) is 37.1. The smallest absolute Gasteiger partial charge is 0.163 e. The summed E-state index contributed by atoms with van der Waals surface area (Å²) in [6, 6.07) is 12.6. The van der Waals surface area contributed by atoms with Crippen molar-refractivity contribution in [3.8, 4) is 11.5 Å².